The van der Waals surface area contributed by atoms with E-state index in [1.54, 1.807) is 0 Å². The molecule has 13 N–H and O–H groups in total. The first-order valence-electron chi connectivity index (χ1n) is 9.51. The van der Waals surface area contributed by atoms with Crippen molar-refractivity contribution in [3.63, 3.8) is 0 Å². The van der Waals surface area contributed by atoms with Crippen molar-refractivity contribution < 1.29 is 9.90 Å². The van der Waals surface area contributed by atoms with E-state index in [4.69, 9.17) is 28.0 Å². The molecule has 0 aliphatic rings. The number of rotatable bonds is 18. The second-order valence-corrected chi connectivity index (χ2v) is 5.81. The van der Waals surface area contributed by atoms with Gasteiger partial charge in [-0.1, -0.05) is 6.42 Å². The molecule has 158 valence electrons. The maximum atomic E-state index is 10.1. The quantitative estimate of drug-likeness (QED) is 0.110. The molecule has 0 aromatic rings. The highest BCUT2D eigenvalue weighted by Crippen LogP contribution is 1.96. The molecule has 1 atom stereocenters. The first-order chi connectivity index (χ1) is 12.6. The molecule has 0 aliphatic heterocycles. The van der Waals surface area contributed by atoms with E-state index in [9.17, 15) is 4.79 Å². The summed E-state index contributed by atoms with van der Waals surface area (Å²) in [5.41, 5.74) is 21.1. The van der Waals surface area contributed by atoms with Gasteiger partial charge >= 0.3 is 5.97 Å². The average molecular weight is 379 g/mol. The minimum Gasteiger partial charge on any atom is -0.480 e. The zero-order valence-electron chi connectivity index (χ0n) is 16.1. The Morgan fingerprint density at radius 3 is 1.38 bits per heavy atom. The Bertz CT molecular complexity index is 271. The van der Waals surface area contributed by atoms with Gasteiger partial charge in [0.25, 0.3) is 0 Å². The Hall–Kier alpha value is -0.850. The van der Waals surface area contributed by atoms with Gasteiger partial charge in [0.05, 0.1) is 0 Å². The molecule has 26 heavy (non-hydrogen) atoms. The van der Waals surface area contributed by atoms with E-state index < -0.39 is 12.0 Å². The summed E-state index contributed by atoms with van der Waals surface area (Å²) in [5.74, 6) is -0.933. The SMILES string of the molecule is NCCCC[C@H](N)C(=O)O.NCCNCCNCCNCCNCCN. The fourth-order valence-electron chi connectivity index (χ4n) is 1.87. The summed E-state index contributed by atoms with van der Waals surface area (Å²) in [6, 6.07) is -0.716. The van der Waals surface area contributed by atoms with Gasteiger partial charge in [0, 0.05) is 65.4 Å². The van der Waals surface area contributed by atoms with Crippen LogP contribution in [0.5, 0.6) is 0 Å². The average Bonchev–Trinajstić information content (AvgIpc) is 2.63. The van der Waals surface area contributed by atoms with Gasteiger partial charge in [0.2, 0.25) is 0 Å². The number of hydrogen-bond acceptors (Lipinski definition) is 9. The Labute approximate surface area is 158 Å². The number of unbranched alkanes of at least 4 members (excludes halogenated alkanes) is 1. The number of carbonyl (C=O) groups is 1. The summed E-state index contributed by atoms with van der Waals surface area (Å²) in [6.07, 6.45) is 2.16. The largest absolute Gasteiger partial charge is 0.480 e. The van der Waals surface area contributed by atoms with Gasteiger partial charge in [-0.3, -0.25) is 4.79 Å². The topological polar surface area (TPSA) is 190 Å². The lowest BCUT2D eigenvalue weighted by Crippen LogP contribution is -2.36. The molecule has 0 amide bonds. The highest BCUT2D eigenvalue weighted by atomic mass is 16.4. The molecule has 0 saturated heterocycles. The summed E-state index contributed by atoms with van der Waals surface area (Å²) in [4.78, 5) is 10.1. The van der Waals surface area contributed by atoms with Crippen LogP contribution >= 0.6 is 0 Å². The van der Waals surface area contributed by atoms with Crippen molar-refractivity contribution in [3.8, 4) is 0 Å². The number of nitrogens with one attached hydrogen (secondary N) is 4. The lowest BCUT2D eigenvalue weighted by molar-refractivity contribution is -0.138. The minimum atomic E-state index is -0.933. The lowest BCUT2D eigenvalue weighted by atomic mass is 10.1. The number of carboxylic acids is 1. The summed E-state index contributed by atoms with van der Waals surface area (Å²) < 4.78 is 0. The molecule has 10 nitrogen and oxygen atoms in total. The van der Waals surface area contributed by atoms with Crippen molar-refractivity contribution >= 4 is 5.97 Å². The summed E-state index contributed by atoms with van der Waals surface area (Å²) in [6.45, 7) is 9.76. The fraction of sp³-hybridized carbons (Fsp3) is 0.938. The number of carboxylic acid groups (broad SMARTS) is 1. The van der Waals surface area contributed by atoms with E-state index in [1.165, 1.54) is 0 Å². The first-order valence-corrected chi connectivity index (χ1v) is 9.51. The van der Waals surface area contributed by atoms with Crippen molar-refractivity contribution in [1.29, 1.82) is 0 Å². The lowest BCUT2D eigenvalue weighted by Gasteiger charge is -2.07. The van der Waals surface area contributed by atoms with E-state index in [0.717, 1.165) is 65.2 Å². The standard InChI is InChI=1S/C10H28N6.C6H14N2O2/c11-1-3-13-5-7-15-9-10-16-8-6-14-4-2-12;7-4-2-1-3-5(8)6(9)10/h13-16H,1-12H2;5H,1-4,7-8H2,(H,9,10)/t;5-/m.0/s1. The number of aliphatic carboxylic acids is 1. The van der Waals surface area contributed by atoms with Crippen LogP contribution in [-0.4, -0.2) is 89.1 Å². The minimum absolute atomic E-state index is 0.520. The number of hydrogen-bond donors (Lipinski definition) is 9. The molecule has 0 saturated carbocycles. The van der Waals surface area contributed by atoms with Crippen LogP contribution in [0.25, 0.3) is 0 Å². The van der Waals surface area contributed by atoms with Gasteiger partial charge in [0.1, 0.15) is 6.04 Å². The van der Waals surface area contributed by atoms with Gasteiger partial charge in [-0.25, -0.2) is 0 Å². The third kappa shape index (κ3) is 25.4. The fourth-order valence-corrected chi connectivity index (χ4v) is 1.87. The third-order valence-corrected chi connectivity index (χ3v) is 3.36. The van der Waals surface area contributed by atoms with Crippen molar-refractivity contribution in [2.45, 2.75) is 25.3 Å². The van der Waals surface area contributed by atoms with Crippen LogP contribution in [0.1, 0.15) is 19.3 Å². The molecule has 0 radical (unpaired) electrons. The van der Waals surface area contributed by atoms with Crippen molar-refractivity contribution in [2.75, 3.05) is 72.0 Å². The van der Waals surface area contributed by atoms with Crippen LogP contribution in [-0.2, 0) is 4.79 Å². The molecular formula is C16H42N8O2. The van der Waals surface area contributed by atoms with E-state index >= 15 is 0 Å². The van der Waals surface area contributed by atoms with E-state index in [0.29, 0.717) is 26.1 Å². The maximum Gasteiger partial charge on any atom is 0.320 e. The van der Waals surface area contributed by atoms with Crippen LogP contribution in [0.4, 0.5) is 0 Å². The Morgan fingerprint density at radius 1 is 0.692 bits per heavy atom. The second kappa shape index (κ2) is 24.1. The summed E-state index contributed by atoms with van der Waals surface area (Å²) in [7, 11) is 0. The Balaban J connectivity index is 0. The monoisotopic (exact) mass is 378 g/mol. The highest BCUT2D eigenvalue weighted by Gasteiger charge is 2.09. The molecular weight excluding hydrogens is 336 g/mol. The van der Waals surface area contributed by atoms with Crippen molar-refractivity contribution in [3.05, 3.63) is 0 Å². The predicted molar refractivity (Wildman–Crippen MR) is 108 cm³/mol. The predicted octanol–water partition coefficient (Wildman–Crippen LogP) is -3.21. The molecule has 10 heteroatoms. The molecule has 0 aromatic heterocycles. The normalized spacial score (nSPS) is 11.7. The van der Waals surface area contributed by atoms with Crippen molar-refractivity contribution in [1.82, 2.24) is 21.3 Å². The second-order valence-electron chi connectivity index (χ2n) is 5.81. The molecule has 0 unspecified atom stereocenters. The first kappa shape index (κ1) is 27.4. The van der Waals surface area contributed by atoms with Gasteiger partial charge in [-0.15, -0.1) is 0 Å². The summed E-state index contributed by atoms with van der Waals surface area (Å²) >= 11 is 0. The summed E-state index contributed by atoms with van der Waals surface area (Å²) in [5, 5.41) is 21.5. The molecule has 0 spiro atoms. The van der Waals surface area contributed by atoms with E-state index in [2.05, 4.69) is 21.3 Å². The molecule has 0 aromatic carbocycles. The highest BCUT2D eigenvalue weighted by molar-refractivity contribution is 5.72. The van der Waals surface area contributed by atoms with Crippen LogP contribution < -0.4 is 44.2 Å². The van der Waals surface area contributed by atoms with E-state index in [1.807, 2.05) is 0 Å². The number of nitrogens with two attached hydrogens (primary N) is 4. The zero-order chi connectivity index (χ0) is 19.9. The van der Waals surface area contributed by atoms with E-state index in [-0.39, 0.29) is 0 Å². The van der Waals surface area contributed by atoms with Crippen LogP contribution in [0.3, 0.4) is 0 Å². The smallest absolute Gasteiger partial charge is 0.320 e. The Kier molecular flexibility index (Phi) is 25.4. The third-order valence-electron chi connectivity index (χ3n) is 3.36. The molecule has 0 heterocycles. The van der Waals surface area contributed by atoms with Gasteiger partial charge < -0.3 is 49.3 Å². The molecule has 0 aliphatic carbocycles. The molecule has 0 rings (SSSR count). The van der Waals surface area contributed by atoms with Gasteiger partial charge in [-0.05, 0) is 19.4 Å². The van der Waals surface area contributed by atoms with Crippen molar-refractivity contribution in [2.24, 2.45) is 22.9 Å². The van der Waals surface area contributed by atoms with Crippen LogP contribution in [0.2, 0.25) is 0 Å². The van der Waals surface area contributed by atoms with Crippen LogP contribution in [0, 0.1) is 0 Å². The Morgan fingerprint density at radius 2 is 1.08 bits per heavy atom. The molecule has 0 bridgehead atoms. The maximum absolute atomic E-state index is 10.1. The zero-order valence-corrected chi connectivity index (χ0v) is 16.1. The van der Waals surface area contributed by atoms with Crippen LogP contribution in [0.15, 0.2) is 0 Å². The van der Waals surface area contributed by atoms with Gasteiger partial charge in [-0.2, -0.15) is 0 Å². The molecule has 0 fully saturated rings. The van der Waals surface area contributed by atoms with Gasteiger partial charge in [0.15, 0.2) is 0 Å².